The number of furan rings is 1. The first-order valence-corrected chi connectivity index (χ1v) is 9.31. The fraction of sp³-hybridized carbons (Fsp3) is 0.400. The molecule has 1 aliphatic rings. The Labute approximate surface area is 163 Å². The minimum Gasteiger partial charge on any atom is -0.459 e. The van der Waals surface area contributed by atoms with Crippen molar-refractivity contribution in [3.05, 3.63) is 53.7 Å². The Morgan fingerprint density at radius 3 is 2.32 bits per heavy atom. The van der Waals surface area contributed by atoms with Crippen molar-refractivity contribution in [3.8, 4) is 0 Å². The highest BCUT2D eigenvalue weighted by Crippen LogP contribution is 2.13. The molecule has 0 saturated carbocycles. The van der Waals surface area contributed by atoms with Gasteiger partial charge in [0.2, 0.25) is 0 Å². The number of nitrogens with zero attached hydrogens (tertiary/aromatic N) is 3. The Morgan fingerprint density at radius 1 is 1.07 bits per heavy atom. The lowest BCUT2D eigenvalue weighted by atomic mass is 10.1. The molecule has 1 N–H and O–H groups in total. The Balaban J connectivity index is 1.60. The highest BCUT2D eigenvalue weighted by molar-refractivity contribution is 5.99. The number of rotatable bonds is 5. The van der Waals surface area contributed by atoms with Crippen LogP contribution in [-0.4, -0.2) is 65.2 Å². The van der Waals surface area contributed by atoms with Gasteiger partial charge in [0.15, 0.2) is 5.76 Å². The van der Waals surface area contributed by atoms with Crippen LogP contribution in [0.15, 0.2) is 41.3 Å². The van der Waals surface area contributed by atoms with E-state index in [-0.39, 0.29) is 17.7 Å². The summed E-state index contributed by atoms with van der Waals surface area (Å²) in [6.45, 7) is 6.25. The average molecular weight is 384 g/mol. The zero-order valence-electron chi connectivity index (χ0n) is 16.1. The van der Waals surface area contributed by atoms with E-state index in [0.29, 0.717) is 55.5 Å². The Kier molecular flexibility index (Phi) is 6.08. The van der Waals surface area contributed by atoms with Gasteiger partial charge < -0.3 is 19.5 Å². The van der Waals surface area contributed by atoms with E-state index in [1.54, 1.807) is 28.0 Å². The molecule has 3 heterocycles. The highest BCUT2D eigenvalue weighted by atomic mass is 16.3. The minimum atomic E-state index is -0.246. The van der Waals surface area contributed by atoms with E-state index < -0.39 is 0 Å². The number of carbonyl (C=O) groups excluding carboxylic acids is 3. The molecule has 1 saturated heterocycles. The van der Waals surface area contributed by atoms with Crippen LogP contribution in [0.4, 0.5) is 0 Å². The van der Waals surface area contributed by atoms with E-state index in [4.69, 9.17) is 4.42 Å². The second-order valence-electron chi connectivity index (χ2n) is 7.13. The third-order valence-corrected chi connectivity index (χ3v) is 4.50. The van der Waals surface area contributed by atoms with Gasteiger partial charge in [-0.05, 0) is 24.1 Å². The van der Waals surface area contributed by atoms with Crippen molar-refractivity contribution in [2.24, 2.45) is 5.92 Å². The molecular weight excluding hydrogens is 360 g/mol. The molecule has 0 spiro atoms. The Bertz CT molecular complexity index is 840. The van der Waals surface area contributed by atoms with Crippen molar-refractivity contribution < 1.29 is 18.8 Å². The molecule has 3 amide bonds. The van der Waals surface area contributed by atoms with Gasteiger partial charge in [0.05, 0.1) is 17.4 Å². The summed E-state index contributed by atoms with van der Waals surface area (Å²) in [6, 6.07) is 4.86. The van der Waals surface area contributed by atoms with Gasteiger partial charge in [0.25, 0.3) is 17.7 Å². The van der Waals surface area contributed by atoms with Gasteiger partial charge in [-0.15, -0.1) is 0 Å². The lowest BCUT2D eigenvalue weighted by Gasteiger charge is -2.34. The topological polar surface area (TPSA) is 95.8 Å². The van der Waals surface area contributed by atoms with Crippen molar-refractivity contribution >= 4 is 17.7 Å². The molecule has 28 heavy (non-hydrogen) atoms. The van der Waals surface area contributed by atoms with Crippen LogP contribution in [0.5, 0.6) is 0 Å². The first kappa shape index (κ1) is 19.6. The maximum Gasteiger partial charge on any atom is 0.289 e. The number of hydrogen-bond donors (Lipinski definition) is 1. The van der Waals surface area contributed by atoms with Crippen molar-refractivity contribution in [2.45, 2.75) is 13.8 Å². The van der Waals surface area contributed by atoms with E-state index in [9.17, 15) is 14.4 Å². The van der Waals surface area contributed by atoms with E-state index in [2.05, 4.69) is 10.3 Å². The fourth-order valence-electron chi connectivity index (χ4n) is 2.93. The van der Waals surface area contributed by atoms with Crippen LogP contribution in [0.3, 0.4) is 0 Å². The maximum absolute atomic E-state index is 12.8. The van der Waals surface area contributed by atoms with E-state index >= 15 is 0 Å². The normalized spacial score (nSPS) is 14.2. The highest BCUT2D eigenvalue weighted by Gasteiger charge is 2.27. The van der Waals surface area contributed by atoms with Gasteiger partial charge in [-0.2, -0.15) is 0 Å². The molecule has 0 atom stereocenters. The van der Waals surface area contributed by atoms with Gasteiger partial charge >= 0.3 is 0 Å². The second kappa shape index (κ2) is 8.69. The van der Waals surface area contributed by atoms with Crippen LogP contribution in [0, 0.1) is 5.92 Å². The Morgan fingerprint density at radius 2 is 1.71 bits per heavy atom. The summed E-state index contributed by atoms with van der Waals surface area (Å²) in [4.78, 5) is 44.7. The maximum atomic E-state index is 12.8. The smallest absolute Gasteiger partial charge is 0.289 e. The number of amides is 3. The third kappa shape index (κ3) is 4.57. The number of aromatic nitrogens is 1. The summed E-state index contributed by atoms with van der Waals surface area (Å²) in [5.41, 5.74) is 0.723. The molecule has 0 bridgehead atoms. The molecule has 0 radical (unpaired) electrons. The van der Waals surface area contributed by atoms with Crippen LogP contribution in [0.25, 0.3) is 0 Å². The zero-order valence-corrected chi connectivity index (χ0v) is 16.1. The van der Waals surface area contributed by atoms with Crippen LogP contribution < -0.4 is 5.32 Å². The summed E-state index contributed by atoms with van der Waals surface area (Å²) in [5.74, 6) is 0.00871. The van der Waals surface area contributed by atoms with Gasteiger partial charge in [0.1, 0.15) is 0 Å². The second-order valence-corrected chi connectivity index (χ2v) is 7.13. The molecule has 8 heteroatoms. The van der Waals surface area contributed by atoms with Crippen LogP contribution in [-0.2, 0) is 0 Å². The number of piperazine rings is 1. The largest absolute Gasteiger partial charge is 0.459 e. The molecule has 1 aliphatic heterocycles. The van der Waals surface area contributed by atoms with Crippen LogP contribution >= 0.6 is 0 Å². The third-order valence-electron chi connectivity index (χ3n) is 4.50. The molecule has 0 aromatic carbocycles. The summed E-state index contributed by atoms with van der Waals surface area (Å²) in [6.07, 6.45) is 4.37. The van der Waals surface area contributed by atoms with Crippen molar-refractivity contribution in [1.82, 2.24) is 20.1 Å². The monoisotopic (exact) mass is 384 g/mol. The van der Waals surface area contributed by atoms with E-state index in [1.807, 2.05) is 13.8 Å². The van der Waals surface area contributed by atoms with Crippen molar-refractivity contribution in [1.29, 1.82) is 0 Å². The summed E-state index contributed by atoms with van der Waals surface area (Å²) >= 11 is 0. The lowest BCUT2D eigenvalue weighted by Crippen LogP contribution is -2.50. The predicted molar refractivity (Wildman–Crippen MR) is 102 cm³/mol. The summed E-state index contributed by atoms with van der Waals surface area (Å²) in [5, 5.41) is 2.82. The molecule has 0 aliphatic carbocycles. The van der Waals surface area contributed by atoms with E-state index in [1.165, 1.54) is 18.7 Å². The molecule has 0 unspecified atom stereocenters. The molecular formula is C20H24N4O4. The molecule has 1 fully saturated rings. The predicted octanol–water partition coefficient (Wildman–Crippen LogP) is 1.66. The minimum absolute atomic E-state index is 0.178. The van der Waals surface area contributed by atoms with Gasteiger partial charge in [-0.25, -0.2) is 0 Å². The fourth-order valence-corrected chi connectivity index (χ4v) is 2.93. The average Bonchev–Trinajstić information content (AvgIpc) is 3.26. The SMILES string of the molecule is CC(C)CNC(=O)c1cncc(C(=O)N2CCN(C(=O)c3ccco3)CC2)c1. The van der Waals surface area contributed by atoms with E-state index in [0.717, 1.165) is 0 Å². The quantitative estimate of drug-likeness (QED) is 0.846. The molecule has 2 aromatic rings. The Hall–Kier alpha value is -3.16. The van der Waals surface area contributed by atoms with Crippen LogP contribution in [0.2, 0.25) is 0 Å². The van der Waals surface area contributed by atoms with Gasteiger partial charge in [0, 0.05) is 45.1 Å². The molecule has 148 valence electrons. The van der Waals surface area contributed by atoms with Crippen molar-refractivity contribution in [3.63, 3.8) is 0 Å². The lowest BCUT2D eigenvalue weighted by molar-refractivity contribution is 0.0518. The molecule has 3 rings (SSSR count). The van der Waals surface area contributed by atoms with Gasteiger partial charge in [-0.3, -0.25) is 19.4 Å². The summed E-state index contributed by atoms with van der Waals surface area (Å²) < 4.78 is 5.14. The number of pyridine rings is 1. The van der Waals surface area contributed by atoms with Gasteiger partial charge in [-0.1, -0.05) is 13.8 Å². The van der Waals surface area contributed by atoms with Crippen LogP contribution in [0.1, 0.15) is 45.1 Å². The summed E-state index contributed by atoms with van der Waals surface area (Å²) in [7, 11) is 0. The number of carbonyl (C=O) groups is 3. The standard InChI is InChI=1S/C20H24N4O4/c1-14(2)11-22-18(25)15-10-16(13-21-12-15)19(26)23-5-7-24(8-6-23)20(27)17-4-3-9-28-17/h3-4,9-10,12-14H,5-8,11H2,1-2H3,(H,22,25). The number of nitrogens with one attached hydrogen (secondary N) is 1. The molecule has 8 nitrogen and oxygen atoms in total. The first-order valence-electron chi connectivity index (χ1n) is 9.31. The molecule has 2 aromatic heterocycles. The van der Waals surface area contributed by atoms with Crippen molar-refractivity contribution in [2.75, 3.05) is 32.7 Å². The number of hydrogen-bond acceptors (Lipinski definition) is 5. The zero-order chi connectivity index (χ0) is 20.1. The first-order chi connectivity index (χ1) is 13.5.